The maximum Gasteiger partial charge on any atom is 0.167 e. The molecule has 0 bridgehead atoms. The second-order valence-electron chi connectivity index (χ2n) is 6.85. The van der Waals surface area contributed by atoms with Crippen LogP contribution in [0.1, 0.15) is 20.1 Å². The van der Waals surface area contributed by atoms with E-state index >= 15 is 0 Å². The number of ether oxygens (including phenoxy) is 1. The number of aliphatic hydroxyl groups is 5. The summed E-state index contributed by atoms with van der Waals surface area (Å²) in [6, 6.07) is 0. The van der Waals surface area contributed by atoms with Crippen molar-refractivity contribution in [2.75, 3.05) is 24.6 Å². The zero-order valence-corrected chi connectivity index (χ0v) is 15.1. The maximum atomic E-state index is 10.3. The third kappa shape index (κ3) is 3.88. The zero-order chi connectivity index (χ0) is 19.7. The molecule has 0 aliphatic carbocycles. The molecule has 6 unspecified atom stereocenters. The molecule has 2 aromatic rings. The van der Waals surface area contributed by atoms with Crippen molar-refractivity contribution >= 4 is 17.0 Å². The Balaban J connectivity index is 1.99. The lowest BCUT2D eigenvalue weighted by Gasteiger charge is -2.26. The van der Waals surface area contributed by atoms with E-state index in [4.69, 9.17) is 4.74 Å². The van der Waals surface area contributed by atoms with Gasteiger partial charge in [-0.15, -0.1) is 0 Å². The molecular weight excluding hydrogens is 358 g/mol. The fraction of sp³-hybridized carbons (Fsp3) is 0.688. The van der Waals surface area contributed by atoms with E-state index in [0.717, 1.165) is 0 Å². The summed E-state index contributed by atoms with van der Waals surface area (Å²) in [6.45, 7) is 3.30. The fourth-order valence-electron chi connectivity index (χ4n) is 3.25. The number of hydrogen-bond donors (Lipinski definition) is 5. The number of nitrogens with zero attached hydrogens (tertiary/aromatic N) is 5. The van der Waals surface area contributed by atoms with Crippen LogP contribution in [0, 0.1) is 0 Å². The Morgan fingerprint density at radius 1 is 1.11 bits per heavy atom. The van der Waals surface area contributed by atoms with Gasteiger partial charge in [0.15, 0.2) is 23.2 Å². The Kier molecular flexibility index (Phi) is 5.89. The third-order valence-corrected chi connectivity index (χ3v) is 4.40. The quantitative estimate of drug-likeness (QED) is 0.362. The van der Waals surface area contributed by atoms with Crippen LogP contribution in [0.3, 0.4) is 0 Å². The van der Waals surface area contributed by atoms with Gasteiger partial charge in [0.2, 0.25) is 0 Å². The first kappa shape index (κ1) is 19.9. The van der Waals surface area contributed by atoms with E-state index in [-0.39, 0.29) is 13.1 Å². The van der Waals surface area contributed by atoms with Gasteiger partial charge in [-0.2, -0.15) is 0 Å². The molecule has 0 radical (unpaired) electrons. The number of hydrogen-bond acceptors (Lipinski definition) is 10. The van der Waals surface area contributed by atoms with Crippen LogP contribution < -0.4 is 4.90 Å². The van der Waals surface area contributed by atoms with Crippen molar-refractivity contribution in [3.63, 3.8) is 0 Å². The molecule has 3 heterocycles. The van der Waals surface area contributed by atoms with Crippen LogP contribution in [0.15, 0.2) is 12.7 Å². The molecule has 1 aliphatic rings. The van der Waals surface area contributed by atoms with Crippen LogP contribution in [0.4, 0.5) is 5.82 Å². The highest BCUT2D eigenvalue weighted by Gasteiger charge is 2.44. The molecule has 0 saturated carbocycles. The van der Waals surface area contributed by atoms with Crippen molar-refractivity contribution in [2.24, 2.45) is 0 Å². The number of rotatable bonds is 7. The van der Waals surface area contributed by atoms with Crippen molar-refractivity contribution in [3.8, 4) is 0 Å². The Morgan fingerprint density at radius 3 is 2.33 bits per heavy atom. The number of aromatic nitrogens is 4. The lowest BCUT2D eigenvalue weighted by atomic mass is 10.1. The number of fused-ring (bicyclic) bond motifs is 1. The molecule has 27 heavy (non-hydrogen) atoms. The van der Waals surface area contributed by atoms with Gasteiger partial charge < -0.3 is 35.2 Å². The third-order valence-electron chi connectivity index (χ3n) is 4.40. The molecule has 2 aromatic heterocycles. The first-order chi connectivity index (χ1) is 12.8. The summed E-state index contributed by atoms with van der Waals surface area (Å²) >= 11 is 0. The molecule has 1 saturated heterocycles. The summed E-state index contributed by atoms with van der Waals surface area (Å²) in [4.78, 5) is 14.5. The van der Waals surface area contributed by atoms with Crippen LogP contribution in [-0.2, 0) is 4.74 Å². The minimum absolute atomic E-state index is 0.234. The van der Waals surface area contributed by atoms with E-state index in [1.54, 1.807) is 18.7 Å². The average Bonchev–Trinajstić information content (AvgIpc) is 3.15. The normalized spacial score (nSPS) is 27.8. The van der Waals surface area contributed by atoms with Crippen LogP contribution in [0.5, 0.6) is 0 Å². The molecule has 150 valence electrons. The lowest BCUT2D eigenvalue weighted by molar-refractivity contribution is -0.0511. The predicted octanol–water partition coefficient (Wildman–Crippen LogP) is -1.99. The summed E-state index contributed by atoms with van der Waals surface area (Å²) in [5.74, 6) is 0.423. The van der Waals surface area contributed by atoms with Crippen LogP contribution in [0.2, 0.25) is 0 Å². The standard InChI is InChI=1S/C16H25N5O6/c1-8(23)3-20(4-9(2)24)14-11-15(18-6-17-14)21(7-19-11)16-13(26)12(25)10(5-22)27-16/h6-10,12-13,16,22-26H,3-5H2,1-2H3. The summed E-state index contributed by atoms with van der Waals surface area (Å²) in [5, 5.41) is 49.0. The van der Waals surface area contributed by atoms with Gasteiger partial charge in [-0.1, -0.05) is 0 Å². The van der Waals surface area contributed by atoms with Gasteiger partial charge in [-0.3, -0.25) is 4.57 Å². The first-order valence-corrected chi connectivity index (χ1v) is 8.74. The smallest absolute Gasteiger partial charge is 0.167 e. The maximum absolute atomic E-state index is 10.3. The average molecular weight is 383 g/mol. The van der Waals surface area contributed by atoms with Gasteiger partial charge in [0.1, 0.15) is 24.6 Å². The fourth-order valence-corrected chi connectivity index (χ4v) is 3.25. The minimum atomic E-state index is -1.26. The van der Waals surface area contributed by atoms with E-state index in [9.17, 15) is 25.5 Å². The van der Waals surface area contributed by atoms with E-state index in [1.165, 1.54) is 17.2 Å². The first-order valence-electron chi connectivity index (χ1n) is 8.74. The van der Waals surface area contributed by atoms with Gasteiger partial charge in [0, 0.05) is 13.1 Å². The second kappa shape index (κ2) is 8.00. The molecule has 3 rings (SSSR count). The number of aliphatic hydroxyl groups excluding tert-OH is 5. The van der Waals surface area contributed by atoms with E-state index in [0.29, 0.717) is 17.0 Å². The molecule has 0 amide bonds. The molecule has 11 heteroatoms. The number of anilines is 1. The van der Waals surface area contributed by atoms with Gasteiger partial charge in [0.05, 0.1) is 25.1 Å². The molecular formula is C16H25N5O6. The Hall–Kier alpha value is -1.89. The van der Waals surface area contributed by atoms with Crippen molar-refractivity contribution in [1.82, 2.24) is 19.5 Å². The summed E-state index contributed by atoms with van der Waals surface area (Å²) in [6.07, 6.45) is -2.96. The van der Waals surface area contributed by atoms with Gasteiger partial charge in [-0.05, 0) is 13.8 Å². The van der Waals surface area contributed by atoms with Gasteiger partial charge in [0.25, 0.3) is 0 Å². The molecule has 11 nitrogen and oxygen atoms in total. The molecule has 1 aliphatic heterocycles. The summed E-state index contributed by atoms with van der Waals surface area (Å²) < 4.78 is 7.00. The van der Waals surface area contributed by atoms with Crippen LogP contribution in [0.25, 0.3) is 11.2 Å². The van der Waals surface area contributed by atoms with Crippen LogP contribution >= 0.6 is 0 Å². The van der Waals surface area contributed by atoms with Crippen molar-refractivity contribution < 1.29 is 30.3 Å². The highest BCUT2D eigenvalue weighted by Crippen LogP contribution is 2.32. The Labute approximate surface area is 155 Å². The van der Waals surface area contributed by atoms with E-state index in [1.807, 2.05) is 0 Å². The zero-order valence-electron chi connectivity index (χ0n) is 15.1. The van der Waals surface area contributed by atoms with E-state index < -0.39 is 43.4 Å². The van der Waals surface area contributed by atoms with Crippen LogP contribution in [-0.4, -0.2) is 95.3 Å². The largest absolute Gasteiger partial charge is 0.394 e. The highest BCUT2D eigenvalue weighted by atomic mass is 16.6. The van der Waals surface area contributed by atoms with E-state index in [2.05, 4.69) is 15.0 Å². The van der Waals surface area contributed by atoms with Crippen molar-refractivity contribution in [1.29, 1.82) is 0 Å². The summed E-state index contributed by atoms with van der Waals surface area (Å²) in [7, 11) is 0. The Morgan fingerprint density at radius 2 is 1.78 bits per heavy atom. The lowest BCUT2D eigenvalue weighted by Crippen LogP contribution is -2.37. The highest BCUT2D eigenvalue weighted by molar-refractivity contribution is 5.83. The Bertz CT molecular complexity index is 759. The molecule has 1 fully saturated rings. The van der Waals surface area contributed by atoms with Gasteiger partial charge in [-0.25, -0.2) is 15.0 Å². The van der Waals surface area contributed by atoms with Gasteiger partial charge >= 0.3 is 0 Å². The predicted molar refractivity (Wildman–Crippen MR) is 93.9 cm³/mol. The molecule has 6 atom stereocenters. The second-order valence-corrected chi connectivity index (χ2v) is 6.85. The molecule has 0 aromatic carbocycles. The van der Waals surface area contributed by atoms with Crippen molar-refractivity contribution in [2.45, 2.75) is 50.6 Å². The SMILES string of the molecule is CC(O)CN(CC(C)O)c1ncnc2c1ncn2C1OC(CO)C(O)C1O. The topological polar surface area (TPSA) is 157 Å². The minimum Gasteiger partial charge on any atom is -0.394 e. The molecule has 0 spiro atoms. The van der Waals surface area contributed by atoms with Crippen molar-refractivity contribution in [3.05, 3.63) is 12.7 Å². The summed E-state index contributed by atoms with van der Waals surface area (Å²) in [5.41, 5.74) is 0.757. The molecule has 5 N–H and O–H groups in total. The monoisotopic (exact) mass is 383 g/mol. The number of imidazole rings is 1.